The van der Waals surface area contributed by atoms with Crippen molar-refractivity contribution < 1.29 is 13.2 Å². The number of carbonyl (C=O) groups excluding carboxylic acids is 1. The number of sulfonamides is 1. The molecular formula is C26H25N5O3S. The number of hydrogen-bond donors (Lipinski definition) is 3. The van der Waals surface area contributed by atoms with Crippen molar-refractivity contribution >= 4 is 21.6 Å². The molecule has 0 aliphatic heterocycles. The fraction of sp³-hybridized carbons (Fsp3) is 0.154. The largest absolute Gasteiger partial charge is 0.298 e. The van der Waals surface area contributed by atoms with Crippen LogP contribution in [0.25, 0.3) is 11.3 Å². The van der Waals surface area contributed by atoms with Gasteiger partial charge in [0.25, 0.3) is 5.91 Å². The van der Waals surface area contributed by atoms with Crippen LogP contribution in [0.15, 0.2) is 96.0 Å². The molecule has 1 amide bonds. The number of hydrazine groups is 1. The zero-order chi connectivity index (χ0) is 24.3. The molecule has 0 atom stereocenters. The average Bonchev–Trinajstić information content (AvgIpc) is 3.58. The van der Waals surface area contributed by atoms with Crippen LogP contribution in [-0.2, 0) is 16.6 Å². The third-order valence-corrected chi connectivity index (χ3v) is 7.16. The van der Waals surface area contributed by atoms with Gasteiger partial charge in [0.05, 0.1) is 22.7 Å². The number of carbonyl (C=O) groups is 1. The van der Waals surface area contributed by atoms with Crippen LogP contribution >= 0.6 is 0 Å². The maximum Gasteiger partial charge on any atom is 0.273 e. The summed E-state index contributed by atoms with van der Waals surface area (Å²) in [5.74, 6) is -0.352. The molecule has 0 radical (unpaired) electrons. The van der Waals surface area contributed by atoms with Gasteiger partial charge in [-0.25, -0.2) is 13.1 Å². The molecule has 8 nitrogen and oxygen atoms in total. The normalized spacial score (nSPS) is 13.4. The summed E-state index contributed by atoms with van der Waals surface area (Å²) in [7, 11) is -3.52. The monoisotopic (exact) mass is 487 g/mol. The van der Waals surface area contributed by atoms with E-state index in [0.29, 0.717) is 23.5 Å². The maximum atomic E-state index is 13.1. The Labute approximate surface area is 204 Å². The van der Waals surface area contributed by atoms with Crippen LogP contribution in [0.4, 0.5) is 5.69 Å². The number of nitrogens with zero attached hydrogens (tertiary/aromatic N) is 2. The molecule has 1 aliphatic carbocycles. The summed E-state index contributed by atoms with van der Waals surface area (Å²) < 4.78 is 29.1. The quantitative estimate of drug-likeness (QED) is 0.312. The minimum absolute atomic E-state index is 0.0405. The van der Waals surface area contributed by atoms with E-state index in [1.165, 1.54) is 12.1 Å². The summed E-state index contributed by atoms with van der Waals surface area (Å²) in [6, 6.07) is 25.7. The lowest BCUT2D eigenvalue weighted by molar-refractivity contribution is 0.0963. The number of amides is 1. The first-order valence-corrected chi connectivity index (χ1v) is 12.8. The maximum absolute atomic E-state index is 13.1. The molecule has 5 rings (SSSR count). The van der Waals surface area contributed by atoms with Crippen molar-refractivity contribution in [2.45, 2.75) is 30.3 Å². The molecule has 1 aliphatic rings. The van der Waals surface area contributed by atoms with Crippen LogP contribution in [0, 0.1) is 0 Å². The van der Waals surface area contributed by atoms with Gasteiger partial charge in [-0.3, -0.25) is 20.3 Å². The molecule has 0 bridgehead atoms. The predicted molar refractivity (Wildman–Crippen MR) is 134 cm³/mol. The zero-order valence-electron chi connectivity index (χ0n) is 18.9. The van der Waals surface area contributed by atoms with Gasteiger partial charge in [-0.05, 0) is 42.7 Å². The van der Waals surface area contributed by atoms with Gasteiger partial charge in [-0.1, -0.05) is 60.7 Å². The number of benzene rings is 3. The molecule has 9 heteroatoms. The second-order valence-electron chi connectivity index (χ2n) is 8.44. The fourth-order valence-electron chi connectivity index (χ4n) is 3.65. The SMILES string of the molecule is O=C(NNc1ccc(S(=O)(=O)NC2CC2)cc1)c1cn(Cc2ccccc2)nc1-c1ccccc1. The van der Waals surface area contributed by atoms with Crippen molar-refractivity contribution in [3.8, 4) is 11.3 Å². The standard InChI is InChI=1S/C26H25N5O3S/c32-26(28-27-21-13-15-23(16-14-21)35(33,34)30-22-11-12-22)24-18-31(17-19-7-3-1-4-8-19)29-25(24)20-9-5-2-6-10-20/h1-10,13-16,18,22,27,30H,11-12,17H2,(H,28,32). The Morgan fingerprint density at radius 3 is 2.23 bits per heavy atom. The first-order valence-electron chi connectivity index (χ1n) is 11.3. The summed E-state index contributed by atoms with van der Waals surface area (Å²) in [5.41, 5.74) is 9.02. The van der Waals surface area contributed by atoms with Gasteiger partial charge in [0.2, 0.25) is 10.0 Å². The van der Waals surface area contributed by atoms with Crippen LogP contribution in [0.1, 0.15) is 28.8 Å². The van der Waals surface area contributed by atoms with Gasteiger partial charge < -0.3 is 0 Å². The minimum Gasteiger partial charge on any atom is -0.298 e. The lowest BCUT2D eigenvalue weighted by atomic mass is 10.1. The highest BCUT2D eigenvalue weighted by atomic mass is 32.2. The average molecular weight is 488 g/mol. The first-order chi connectivity index (χ1) is 17.0. The van der Waals surface area contributed by atoms with Crippen molar-refractivity contribution in [2.24, 2.45) is 0 Å². The van der Waals surface area contributed by atoms with E-state index < -0.39 is 10.0 Å². The molecule has 1 fully saturated rings. The van der Waals surface area contributed by atoms with E-state index in [1.54, 1.807) is 23.0 Å². The second kappa shape index (κ2) is 9.73. The van der Waals surface area contributed by atoms with Crippen molar-refractivity contribution in [1.82, 2.24) is 19.9 Å². The van der Waals surface area contributed by atoms with Crippen molar-refractivity contribution in [3.63, 3.8) is 0 Å². The summed E-state index contributed by atoms with van der Waals surface area (Å²) in [6.45, 7) is 0.534. The molecule has 0 saturated heterocycles. The highest BCUT2D eigenvalue weighted by molar-refractivity contribution is 7.89. The van der Waals surface area contributed by atoms with E-state index in [2.05, 4.69) is 20.7 Å². The topological polar surface area (TPSA) is 105 Å². The van der Waals surface area contributed by atoms with Crippen LogP contribution in [0.2, 0.25) is 0 Å². The van der Waals surface area contributed by atoms with Crippen LogP contribution in [0.3, 0.4) is 0 Å². The third kappa shape index (κ3) is 5.59. The molecule has 3 aromatic carbocycles. The molecule has 1 aromatic heterocycles. The number of rotatable bonds is 9. The van der Waals surface area contributed by atoms with Crippen LogP contribution < -0.4 is 15.6 Å². The Balaban J connectivity index is 1.32. The van der Waals surface area contributed by atoms with Crippen molar-refractivity contribution in [1.29, 1.82) is 0 Å². The molecule has 3 N–H and O–H groups in total. The lowest BCUT2D eigenvalue weighted by Gasteiger charge is -2.10. The van der Waals surface area contributed by atoms with Gasteiger partial charge in [-0.15, -0.1) is 0 Å². The number of nitrogens with one attached hydrogen (secondary N) is 3. The van der Waals surface area contributed by atoms with E-state index in [1.807, 2.05) is 60.7 Å². The van der Waals surface area contributed by atoms with Crippen LogP contribution in [-0.4, -0.2) is 30.1 Å². The zero-order valence-corrected chi connectivity index (χ0v) is 19.7. The third-order valence-electron chi connectivity index (χ3n) is 5.63. The van der Waals surface area contributed by atoms with Crippen molar-refractivity contribution in [2.75, 3.05) is 5.43 Å². The Bertz CT molecular complexity index is 1420. The molecule has 0 unspecified atom stereocenters. The van der Waals surface area contributed by atoms with Gasteiger partial charge >= 0.3 is 0 Å². The summed E-state index contributed by atoms with van der Waals surface area (Å²) in [6.07, 6.45) is 3.47. The van der Waals surface area contributed by atoms with E-state index >= 15 is 0 Å². The smallest absolute Gasteiger partial charge is 0.273 e. The molecule has 0 spiro atoms. The highest BCUT2D eigenvalue weighted by Crippen LogP contribution is 2.24. The highest BCUT2D eigenvalue weighted by Gasteiger charge is 2.27. The molecule has 35 heavy (non-hydrogen) atoms. The molecular weight excluding hydrogens is 462 g/mol. The van der Waals surface area contributed by atoms with Crippen molar-refractivity contribution in [3.05, 3.63) is 102 Å². The van der Waals surface area contributed by atoms with E-state index in [-0.39, 0.29) is 16.8 Å². The minimum atomic E-state index is -3.52. The second-order valence-corrected chi connectivity index (χ2v) is 10.2. The van der Waals surface area contributed by atoms with E-state index in [9.17, 15) is 13.2 Å². The number of anilines is 1. The fourth-order valence-corrected chi connectivity index (χ4v) is 4.96. The van der Waals surface area contributed by atoms with Gasteiger partial charge in [0, 0.05) is 17.8 Å². The van der Waals surface area contributed by atoms with Gasteiger partial charge in [-0.2, -0.15) is 5.10 Å². The number of hydrogen-bond acceptors (Lipinski definition) is 5. The van der Waals surface area contributed by atoms with E-state index in [4.69, 9.17) is 0 Å². The van der Waals surface area contributed by atoms with E-state index in [0.717, 1.165) is 24.0 Å². The Hall–Kier alpha value is -3.95. The first kappa shape index (κ1) is 22.8. The summed E-state index contributed by atoms with van der Waals surface area (Å²) >= 11 is 0. The molecule has 4 aromatic rings. The van der Waals surface area contributed by atoms with Gasteiger partial charge in [0.15, 0.2) is 0 Å². The number of aromatic nitrogens is 2. The Morgan fingerprint density at radius 1 is 0.914 bits per heavy atom. The Kier molecular flexibility index (Phi) is 6.35. The predicted octanol–water partition coefficient (Wildman–Crippen LogP) is 3.80. The molecule has 1 heterocycles. The van der Waals surface area contributed by atoms with Gasteiger partial charge in [0.1, 0.15) is 5.69 Å². The molecule has 178 valence electrons. The molecule has 1 saturated carbocycles. The van der Waals surface area contributed by atoms with Crippen LogP contribution in [0.5, 0.6) is 0 Å². The lowest BCUT2D eigenvalue weighted by Crippen LogP contribution is -2.29. The summed E-state index contributed by atoms with van der Waals surface area (Å²) in [5, 5.41) is 4.67. The Morgan fingerprint density at radius 2 is 1.57 bits per heavy atom. The summed E-state index contributed by atoms with van der Waals surface area (Å²) in [4.78, 5) is 13.3.